The third kappa shape index (κ3) is 6.62. The molecule has 2 heteroatoms. The van der Waals surface area contributed by atoms with Gasteiger partial charge in [-0.1, -0.05) is 19.8 Å². The van der Waals surface area contributed by atoms with Gasteiger partial charge in [0.05, 0.1) is 5.60 Å². The molecule has 0 saturated carbocycles. The van der Waals surface area contributed by atoms with Gasteiger partial charge < -0.3 is 0 Å². The quantitative estimate of drug-likeness (QED) is 0.380. The molecule has 0 bridgehead atoms. The first-order valence-corrected chi connectivity index (χ1v) is 4.84. The normalized spacial score (nSPS) is 13.3. The molecule has 0 aliphatic heterocycles. The summed E-state index contributed by atoms with van der Waals surface area (Å²) in [6.45, 7) is 9.94. The van der Waals surface area contributed by atoms with E-state index in [1.54, 1.807) is 0 Å². The van der Waals surface area contributed by atoms with Crippen molar-refractivity contribution < 1.29 is 9.78 Å². The summed E-state index contributed by atoms with van der Waals surface area (Å²) in [5.41, 5.74) is -0.220. The second-order valence-electron chi connectivity index (χ2n) is 3.61. The average Bonchev–Trinajstić information content (AvgIpc) is 2.11. The second kappa shape index (κ2) is 6.01. The van der Waals surface area contributed by atoms with Crippen molar-refractivity contribution >= 4 is 0 Å². The molecule has 0 N–H and O–H groups in total. The van der Waals surface area contributed by atoms with E-state index in [0.717, 1.165) is 12.8 Å². The molecule has 0 aliphatic carbocycles. The monoisotopic (exact) mass is 184 g/mol. The Labute approximate surface area is 81.5 Å². The van der Waals surface area contributed by atoms with Gasteiger partial charge >= 0.3 is 0 Å². The van der Waals surface area contributed by atoms with Crippen LogP contribution in [0.15, 0.2) is 0 Å². The highest BCUT2D eigenvalue weighted by Gasteiger charge is 2.17. The fourth-order valence-electron chi connectivity index (χ4n) is 0.531. The molecule has 0 spiro atoms. The summed E-state index contributed by atoms with van der Waals surface area (Å²) in [6, 6.07) is 0. The van der Waals surface area contributed by atoms with Gasteiger partial charge in [-0.2, -0.15) is 0 Å². The lowest BCUT2D eigenvalue weighted by molar-refractivity contribution is -0.365. The zero-order valence-electron chi connectivity index (χ0n) is 9.31. The van der Waals surface area contributed by atoms with Crippen LogP contribution in [0.2, 0.25) is 0 Å². The predicted octanol–water partition coefficient (Wildman–Crippen LogP) is 2.93. The minimum Gasteiger partial charge on any atom is -0.229 e. The maximum Gasteiger partial charge on any atom is 0.150 e. The van der Waals surface area contributed by atoms with E-state index in [9.17, 15) is 0 Å². The molecule has 0 saturated heterocycles. The molecule has 0 heterocycles. The average molecular weight is 184 g/mol. The van der Waals surface area contributed by atoms with Gasteiger partial charge in [0, 0.05) is 6.42 Å². The third-order valence-corrected chi connectivity index (χ3v) is 1.75. The van der Waals surface area contributed by atoms with Crippen molar-refractivity contribution in [3.05, 3.63) is 0 Å². The van der Waals surface area contributed by atoms with Crippen LogP contribution in [0.3, 0.4) is 0 Å². The summed E-state index contributed by atoms with van der Waals surface area (Å²) in [5.74, 6) is 5.88. The molecule has 0 aliphatic rings. The van der Waals surface area contributed by atoms with E-state index in [2.05, 4.69) is 18.8 Å². The third-order valence-electron chi connectivity index (χ3n) is 1.75. The summed E-state index contributed by atoms with van der Waals surface area (Å²) in [6.07, 6.45) is 1.62. The van der Waals surface area contributed by atoms with E-state index in [1.807, 2.05) is 27.7 Å². The molecule has 0 amide bonds. The van der Waals surface area contributed by atoms with Gasteiger partial charge in [0.2, 0.25) is 0 Å². The molecular weight excluding hydrogens is 164 g/mol. The van der Waals surface area contributed by atoms with E-state index in [0.29, 0.717) is 0 Å². The molecule has 0 radical (unpaired) electrons. The predicted molar refractivity (Wildman–Crippen MR) is 54.1 cm³/mol. The smallest absolute Gasteiger partial charge is 0.150 e. The molecule has 1 atom stereocenters. The van der Waals surface area contributed by atoms with Crippen LogP contribution in [0.5, 0.6) is 0 Å². The summed E-state index contributed by atoms with van der Waals surface area (Å²) in [7, 11) is 0. The zero-order valence-corrected chi connectivity index (χ0v) is 9.31. The van der Waals surface area contributed by atoms with E-state index >= 15 is 0 Å². The Morgan fingerprint density at radius 2 is 1.92 bits per heavy atom. The van der Waals surface area contributed by atoms with Gasteiger partial charge in [-0.15, -0.1) is 5.92 Å². The highest BCUT2D eigenvalue weighted by Crippen LogP contribution is 2.14. The SMILES string of the molecule is CCC#CC(C)OOC(C)(C)CC. The first-order valence-electron chi connectivity index (χ1n) is 4.84. The minimum absolute atomic E-state index is 0.147. The Balaban J connectivity index is 3.75. The molecule has 2 nitrogen and oxygen atoms in total. The van der Waals surface area contributed by atoms with Gasteiger partial charge in [-0.25, -0.2) is 9.78 Å². The van der Waals surface area contributed by atoms with Crippen LogP contribution < -0.4 is 0 Å². The van der Waals surface area contributed by atoms with E-state index < -0.39 is 0 Å². The Hall–Kier alpha value is -0.520. The molecule has 76 valence electrons. The van der Waals surface area contributed by atoms with Crippen LogP contribution in [-0.2, 0) is 9.78 Å². The molecule has 13 heavy (non-hydrogen) atoms. The molecule has 1 unspecified atom stereocenters. The van der Waals surface area contributed by atoms with Crippen LogP contribution in [0.25, 0.3) is 0 Å². The zero-order chi connectivity index (χ0) is 10.3. The van der Waals surface area contributed by atoms with Crippen LogP contribution in [0, 0.1) is 11.8 Å². The Morgan fingerprint density at radius 3 is 2.38 bits per heavy atom. The molecule has 0 aromatic heterocycles. The van der Waals surface area contributed by atoms with E-state index in [4.69, 9.17) is 9.78 Å². The molecule has 0 aromatic carbocycles. The highest BCUT2D eigenvalue weighted by atomic mass is 17.2. The highest BCUT2D eigenvalue weighted by molar-refractivity contribution is 5.02. The fraction of sp³-hybridized carbons (Fsp3) is 0.818. The molecule has 0 rings (SSSR count). The van der Waals surface area contributed by atoms with Gasteiger partial charge in [0.25, 0.3) is 0 Å². The molecule has 0 fully saturated rings. The van der Waals surface area contributed by atoms with Crippen molar-refractivity contribution in [1.29, 1.82) is 0 Å². The van der Waals surface area contributed by atoms with Crippen molar-refractivity contribution in [2.45, 2.75) is 59.2 Å². The van der Waals surface area contributed by atoms with Crippen LogP contribution in [0.1, 0.15) is 47.5 Å². The first kappa shape index (κ1) is 12.5. The van der Waals surface area contributed by atoms with Crippen molar-refractivity contribution in [1.82, 2.24) is 0 Å². The number of hydrogen-bond donors (Lipinski definition) is 0. The Morgan fingerprint density at radius 1 is 1.31 bits per heavy atom. The van der Waals surface area contributed by atoms with Crippen molar-refractivity contribution in [3.63, 3.8) is 0 Å². The molecular formula is C11H20O2. The fourth-order valence-corrected chi connectivity index (χ4v) is 0.531. The van der Waals surface area contributed by atoms with Crippen LogP contribution in [-0.4, -0.2) is 11.7 Å². The lowest BCUT2D eigenvalue weighted by atomic mass is 10.1. The minimum atomic E-state index is -0.220. The largest absolute Gasteiger partial charge is 0.229 e. The first-order chi connectivity index (χ1) is 6.02. The summed E-state index contributed by atoms with van der Waals surface area (Å²) >= 11 is 0. The van der Waals surface area contributed by atoms with Gasteiger partial charge in [0.15, 0.2) is 6.10 Å². The maximum atomic E-state index is 5.23. The van der Waals surface area contributed by atoms with Crippen LogP contribution >= 0.6 is 0 Å². The summed E-state index contributed by atoms with van der Waals surface area (Å²) in [5, 5.41) is 0. The van der Waals surface area contributed by atoms with E-state index in [1.165, 1.54) is 0 Å². The van der Waals surface area contributed by atoms with Crippen molar-refractivity contribution in [2.75, 3.05) is 0 Å². The Bertz CT molecular complexity index is 186. The summed E-state index contributed by atoms with van der Waals surface area (Å²) in [4.78, 5) is 10.4. The molecule has 0 aromatic rings. The standard InChI is InChI=1S/C11H20O2/c1-6-8-9-10(3)12-13-11(4,5)7-2/h10H,6-7H2,1-5H3. The van der Waals surface area contributed by atoms with Crippen LogP contribution in [0.4, 0.5) is 0 Å². The lowest BCUT2D eigenvalue weighted by Gasteiger charge is -2.22. The van der Waals surface area contributed by atoms with Gasteiger partial charge in [-0.3, -0.25) is 0 Å². The van der Waals surface area contributed by atoms with E-state index in [-0.39, 0.29) is 11.7 Å². The number of hydrogen-bond acceptors (Lipinski definition) is 2. The lowest BCUT2D eigenvalue weighted by Crippen LogP contribution is -2.25. The number of rotatable bonds is 4. The van der Waals surface area contributed by atoms with Crippen molar-refractivity contribution in [2.24, 2.45) is 0 Å². The topological polar surface area (TPSA) is 18.5 Å². The van der Waals surface area contributed by atoms with Gasteiger partial charge in [-0.05, 0) is 27.2 Å². The summed E-state index contributed by atoms with van der Waals surface area (Å²) < 4.78 is 0. The second-order valence-corrected chi connectivity index (χ2v) is 3.61. The Kier molecular flexibility index (Phi) is 5.77. The van der Waals surface area contributed by atoms with Crippen molar-refractivity contribution in [3.8, 4) is 11.8 Å². The van der Waals surface area contributed by atoms with Gasteiger partial charge in [0.1, 0.15) is 0 Å². The maximum absolute atomic E-state index is 5.23.